The molecule has 176 valence electrons. The van der Waals surface area contributed by atoms with Gasteiger partial charge < -0.3 is 15.4 Å². The highest BCUT2D eigenvalue weighted by Gasteiger charge is 2.27. The number of methoxy groups -OCH3 is 1. The molecule has 2 N–H and O–H groups in total. The molecule has 0 bridgehead atoms. The predicted molar refractivity (Wildman–Crippen MR) is 131 cm³/mol. The second-order valence-electron chi connectivity index (χ2n) is 7.04. The van der Waals surface area contributed by atoms with Gasteiger partial charge in [-0.15, -0.1) is 11.3 Å². The molecule has 2 aromatic carbocycles. The normalized spacial score (nSPS) is 10.5. The summed E-state index contributed by atoms with van der Waals surface area (Å²) in [6.07, 6.45) is 0. The van der Waals surface area contributed by atoms with Gasteiger partial charge in [0.25, 0.3) is 17.5 Å². The van der Waals surface area contributed by atoms with E-state index in [-0.39, 0.29) is 43.0 Å². The fourth-order valence-electron chi connectivity index (χ4n) is 3.06. The molecule has 0 radical (unpaired) electrons. The van der Waals surface area contributed by atoms with E-state index < -0.39 is 22.7 Å². The standard InChI is InChI=1S/C22H17Cl2N3O6S/c1-10-4-5-12(8-16(10)27(31)32)19(28)26-21-17(22(30)33-3)11(2)18(34-21)20(29)25-15-9-13(23)6-7-14(15)24/h4-9H,1-3H3,(H,25,29)(H,26,28). The van der Waals surface area contributed by atoms with Crippen molar-refractivity contribution in [1.82, 2.24) is 0 Å². The minimum atomic E-state index is -0.765. The zero-order chi connectivity index (χ0) is 25.2. The van der Waals surface area contributed by atoms with E-state index in [0.717, 1.165) is 17.4 Å². The maximum atomic E-state index is 12.9. The van der Waals surface area contributed by atoms with Crippen molar-refractivity contribution in [3.05, 3.63) is 83.7 Å². The van der Waals surface area contributed by atoms with Crippen LogP contribution in [0.4, 0.5) is 16.4 Å². The van der Waals surface area contributed by atoms with Crippen molar-refractivity contribution in [1.29, 1.82) is 0 Å². The SMILES string of the molecule is COC(=O)c1c(NC(=O)c2ccc(C)c([N+](=O)[O-])c2)sc(C(=O)Nc2cc(Cl)ccc2Cl)c1C. The average Bonchev–Trinajstić information content (AvgIpc) is 3.11. The van der Waals surface area contributed by atoms with E-state index in [1.165, 1.54) is 38.3 Å². The first-order chi connectivity index (χ1) is 16.0. The first-order valence-corrected chi connectivity index (χ1v) is 11.1. The molecule has 3 aromatic rings. The Bertz CT molecular complexity index is 1340. The quantitative estimate of drug-likeness (QED) is 0.237. The smallest absolute Gasteiger partial charge is 0.341 e. The summed E-state index contributed by atoms with van der Waals surface area (Å²) in [5, 5.41) is 17.1. The third-order valence-electron chi connectivity index (χ3n) is 4.81. The number of nitrogens with one attached hydrogen (secondary N) is 2. The molecule has 0 aliphatic heterocycles. The lowest BCUT2D eigenvalue weighted by atomic mass is 10.1. The lowest BCUT2D eigenvalue weighted by molar-refractivity contribution is -0.385. The van der Waals surface area contributed by atoms with Crippen molar-refractivity contribution < 1.29 is 24.0 Å². The molecular formula is C22H17Cl2N3O6S. The molecule has 0 aliphatic rings. The van der Waals surface area contributed by atoms with Gasteiger partial charge in [0.05, 0.1) is 33.2 Å². The van der Waals surface area contributed by atoms with Gasteiger partial charge >= 0.3 is 5.97 Å². The topological polar surface area (TPSA) is 128 Å². The maximum Gasteiger partial charge on any atom is 0.341 e. The minimum Gasteiger partial charge on any atom is -0.465 e. The van der Waals surface area contributed by atoms with Crippen LogP contribution >= 0.6 is 34.5 Å². The number of amides is 2. The van der Waals surface area contributed by atoms with E-state index in [2.05, 4.69) is 10.6 Å². The number of halogens is 2. The van der Waals surface area contributed by atoms with Crippen LogP contribution in [0.15, 0.2) is 36.4 Å². The van der Waals surface area contributed by atoms with Gasteiger partial charge in [-0.25, -0.2) is 4.79 Å². The third kappa shape index (κ3) is 5.19. The Kier molecular flexibility index (Phi) is 7.55. The van der Waals surface area contributed by atoms with Crippen LogP contribution in [0.5, 0.6) is 0 Å². The van der Waals surface area contributed by atoms with Crippen LogP contribution in [0.25, 0.3) is 0 Å². The molecule has 12 heteroatoms. The van der Waals surface area contributed by atoms with Gasteiger partial charge in [-0.05, 0) is 43.7 Å². The molecule has 0 saturated heterocycles. The van der Waals surface area contributed by atoms with Gasteiger partial charge in [-0.1, -0.05) is 29.3 Å². The largest absolute Gasteiger partial charge is 0.465 e. The Morgan fingerprint density at radius 1 is 1.03 bits per heavy atom. The van der Waals surface area contributed by atoms with E-state index in [9.17, 15) is 24.5 Å². The average molecular weight is 522 g/mol. The Labute approximate surface area is 207 Å². The van der Waals surface area contributed by atoms with Gasteiger partial charge in [0.1, 0.15) is 5.00 Å². The van der Waals surface area contributed by atoms with Crippen molar-refractivity contribution in [3.8, 4) is 0 Å². The number of nitrogens with zero attached hydrogens (tertiary/aromatic N) is 1. The van der Waals surface area contributed by atoms with Gasteiger partial charge in [-0.3, -0.25) is 19.7 Å². The molecule has 0 saturated carbocycles. The molecule has 1 heterocycles. The van der Waals surface area contributed by atoms with Crippen molar-refractivity contribution in [2.24, 2.45) is 0 Å². The number of benzene rings is 2. The lowest BCUT2D eigenvalue weighted by Gasteiger charge is -2.07. The molecule has 3 rings (SSSR count). The minimum absolute atomic E-state index is 0.00944. The number of anilines is 2. The summed E-state index contributed by atoms with van der Waals surface area (Å²) in [4.78, 5) is 48.9. The summed E-state index contributed by atoms with van der Waals surface area (Å²) in [6.45, 7) is 3.08. The number of carbonyl (C=O) groups is 3. The number of hydrogen-bond donors (Lipinski definition) is 2. The Morgan fingerprint density at radius 2 is 1.74 bits per heavy atom. The first kappa shape index (κ1) is 25.2. The van der Waals surface area contributed by atoms with E-state index in [4.69, 9.17) is 27.9 Å². The molecule has 1 aromatic heterocycles. The van der Waals surface area contributed by atoms with E-state index in [1.807, 2.05) is 0 Å². The molecule has 34 heavy (non-hydrogen) atoms. The highest BCUT2D eigenvalue weighted by atomic mass is 35.5. The summed E-state index contributed by atoms with van der Waals surface area (Å²) in [7, 11) is 1.17. The number of esters is 1. The number of carbonyl (C=O) groups excluding carboxylic acids is 3. The van der Waals surface area contributed by atoms with Crippen molar-refractivity contribution in [2.75, 3.05) is 17.7 Å². The summed E-state index contributed by atoms with van der Waals surface area (Å²) < 4.78 is 4.81. The molecule has 0 spiro atoms. The van der Waals surface area contributed by atoms with Crippen LogP contribution in [0.1, 0.15) is 41.5 Å². The van der Waals surface area contributed by atoms with Gasteiger partial charge in [-0.2, -0.15) is 0 Å². The molecule has 0 aliphatic carbocycles. The summed E-state index contributed by atoms with van der Waals surface area (Å²) in [6, 6.07) is 8.56. The molecule has 0 fully saturated rings. The lowest BCUT2D eigenvalue weighted by Crippen LogP contribution is -2.15. The molecular weight excluding hydrogens is 505 g/mol. The number of nitro benzene ring substituents is 1. The second kappa shape index (κ2) is 10.2. The van der Waals surface area contributed by atoms with E-state index in [1.54, 1.807) is 13.0 Å². The first-order valence-electron chi connectivity index (χ1n) is 9.58. The number of rotatable bonds is 6. The van der Waals surface area contributed by atoms with Gasteiger partial charge in [0, 0.05) is 22.2 Å². The van der Waals surface area contributed by atoms with Crippen LogP contribution < -0.4 is 10.6 Å². The third-order valence-corrected chi connectivity index (χ3v) is 6.58. The highest BCUT2D eigenvalue weighted by Crippen LogP contribution is 2.35. The van der Waals surface area contributed by atoms with Gasteiger partial charge in [0.15, 0.2) is 0 Å². The Hall–Kier alpha value is -3.47. The number of nitro groups is 1. The molecule has 0 atom stereocenters. The summed E-state index contributed by atoms with van der Waals surface area (Å²) >= 11 is 12.9. The van der Waals surface area contributed by atoms with Crippen LogP contribution in [0.3, 0.4) is 0 Å². The fraction of sp³-hybridized carbons (Fsp3) is 0.136. The Balaban J connectivity index is 1.97. The predicted octanol–water partition coefficient (Wildman–Crippen LogP) is 5.87. The monoisotopic (exact) mass is 521 g/mol. The van der Waals surface area contributed by atoms with E-state index in [0.29, 0.717) is 10.6 Å². The van der Waals surface area contributed by atoms with Crippen molar-refractivity contribution in [3.63, 3.8) is 0 Å². The summed E-state index contributed by atoms with van der Waals surface area (Å²) in [5.41, 5.74) is 0.714. The number of hydrogen-bond acceptors (Lipinski definition) is 7. The number of aryl methyl sites for hydroxylation is 1. The fourth-order valence-corrected chi connectivity index (χ4v) is 4.48. The second-order valence-corrected chi connectivity index (χ2v) is 8.91. The van der Waals surface area contributed by atoms with Crippen LogP contribution in [0.2, 0.25) is 10.0 Å². The zero-order valence-corrected chi connectivity index (χ0v) is 20.4. The van der Waals surface area contributed by atoms with Crippen molar-refractivity contribution in [2.45, 2.75) is 13.8 Å². The zero-order valence-electron chi connectivity index (χ0n) is 18.0. The summed E-state index contributed by atoms with van der Waals surface area (Å²) in [5.74, 6) is -2.04. The van der Waals surface area contributed by atoms with Gasteiger partial charge in [0.2, 0.25) is 0 Å². The molecule has 2 amide bonds. The van der Waals surface area contributed by atoms with Crippen LogP contribution in [-0.4, -0.2) is 29.8 Å². The van der Waals surface area contributed by atoms with Crippen LogP contribution in [-0.2, 0) is 4.74 Å². The van der Waals surface area contributed by atoms with E-state index >= 15 is 0 Å². The Morgan fingerprint density at radius 3 is 2.38 bits per heavy atom. The molecule has 0 unspecified atom stereocenters. The number of ether oxygens (including phenoxy) is 1. The highest BCUT2D eigenvalue weighted by molar-refractivity contribution is 7.19. The number of thiophene rings is 1. The maximum absolute atomic E-state index is 12.9. The molecule has 9 nitrogen and oxygen atoms in total. The van der Waals surface area contributed by atoms with Crippen LogP contribution in [0, 0.1) is 24.0 Å². The van der Waals surface area contributed by atoms with Crippen molar-refractivity contribution >= 4 is 68.7 Å².